The maximum absolute atomic E-state index is 12.8. The molecule has 0 saturated heterocycles. The molecule has 1 aliphatic carbocycles. The molecule has 5 rings (SSSR count). The van der Waals surface area contributed by atoms with Crippen LogP contribution >= 0.6 is 0 Å². The van der Waals surface area contributed by atoms with Crippen molar-refractivity contribution >= 4 is 35.9 Å². The van der Waals surface area contributed by atoms with Crippen LogP contribution in [0.25, 0.3) is 0 Å². The third-order valence-corrected chi connectivity index (χ3v) is 10.1. The Labute approximate surface area is 342 Å². The molecule has 0 bridgehead atoms. The first-order valence-electron chi connectivity index (χ1n) is 19.7. The molecule has 308 valence electrons. The maximum Gasteiger partial charge on any atom is 0.319 e. The van der Waals surface area contributed by atoms with Crippen LogP contribution in [0.5, 0.6) is 23.0 Å². The third-order valence-electron chi connectivity index (χ3n) is 10.1. The van der Waals surface area contributed by atoms with E-state index in [4.69, 9.17) is 19.5 Å². The molecule has 12 nitrogen and oxygen atoms in total. The van der Waals surface area contributed by atoms with Crippen LogP contribution in [0.4, 0.5) is 21.0 Å². The van der Waals surface area contributed by atoms with Crippen molar-refractivity contribution in [1.82, 2.24) is 10.6 Å². The lowest BCUT2D eigenvalue weighted by Crippen LogP contribution is -2.28. The van der Waals surface area contributed by atoms with Gasteiger partial charge in [-0.2, -0.15) is 0 Å². The van der Waals surface area contributed by atoms with Gasteiger partial charge in [0.2, 0.25) is 0 Å². The van der Waals surface area contributed by atoms with Crippen LogP contribution in [0.1, 0.15) is 101 Å². The molecule has 2 atom stereocenters. The summed E-state index contributed by atoms with van der Waals surface area (Å²) in [4.78, 5) is 35.5. The predicted octanol–water partition coefficient (Wildman–Crippen LogP) is 9.20. The molecule has 0 heterocycles. The number of hydrogen-bond acceptors (Lipinski definition) is 8. The number of carbonyl (C=O) groups is 2. The van der Waals surface area contributed by atoms with Crippen molar-refractivity contribution in [3.05, 3.63) is 106 Å². The highest BCUT2D eigenvalue weighted by Crippen LogP contribution is 2.36. The molecule has 0 spiro atoms. The van der Waals surface area contributed by atoms with Gasteiger partial charge in [-0.05, 0) is 108 Å². The number of hydrogen-bond donors (Lipinski definition) is 6. The van der Waals surface area contributed by atoms with Crippen molar-refractivity contribution in [2.45, 2.75) is 103 Å². The van der Waals surface area contributed by atoms with Crippen LogP contribution in [0, 0.1) is 0 Å². The molecule has 6 N–H and O–H groups in total. The summed E-state index contributed by atoms with van der Waals surface area (Å²) >= 11 is 0. The molecule has 1 saturated carbocycles. The van der Waals surface area contributed by atoms with Crippen LogP contribution in [-0.4, -0.2) is 61.0 Å². The number of phenols is 2. The first-order valence-corrected chi connectivity index (χ1v) is 19.7. The van der Waals surface area contributed by atoms with Crippen LogP contribution in [0.3, 0.4) is 0 Å². The lowest BCUT2D eigenvalue weighted by molar-refractivity contribution is 0.251. The fourth-order valence-corrected chi connectivity index (χ4v) is 6.84. The van der Waals surface area contributed by atoms with Crippen LogP contribution in [0.2, 0.25) is 0 Å². The molecular weight excluding hydrogens is 733 g/mol. The van der Waals surface area contributed by atoms with Crippen molar-refractivity contribution in [3.8, 4) is 23.0 Å². The maximum atomic E-state index is 12.8. The average molecular weight is 791 g/mol. The summed E-state index contributed by atoms with van der Waals surface area (Å²) in [5, 5.41) is 34.4. The number of nitrogens with zero attached hydrogens (tertiary/aromatic N) is 2. The minimum atomic E-state index is -0.371. The normalized spacial score (nSPS) is 15.9. The van der Waals surface area contributed by atoms with Crippen LogP contribution < -0.4 is 30.7 Å². The standard InChI is InChI=1S/C46H58N6O6/c1-45(2,3)37-23-29(25-49-43(55)51-33-13-17-35(57-7)18-14-33)21-31(41(37)53)27-47-39-11-9-10-12-40(39)48-28-32-22-30(24-38(42(32)54)46(4,5)6)26-50-44(56)52-34-15-19-36(58-8)20-16-34/h13-24,27-28,39-40,53-54H,9-12,25-26H2,1-8H3,(H2,49,51,55)(H2,50,52,56)/t39-,40-/m1/s1. The summed E-state index contributed by atoms with van der Waals surface area (Å²) in [7, 11) is 3.18. The third kappa shape index (κ3) is 11.7. The van der Waals surface area contributed by atoms with Gasteiger partial charge in [0.25, 0.3) is 0 Å². The summed E-state index contributed by atoms with van der Waals surface area (Å²) in [6.07, 6.45) is 7.10. The number of nitrogens with one attached hydrogen (secondary N) is 4. The Morgan fingerprint density at radius 3 is 1.33 bits per heavy atom. The highest BCUT2D eigenvalue weighted by Gasteiger charge is 2.26. The first-order chi connectivity index (χ1) is 27.5. The Bertz CT molecular complexity index is 1950. The number of amides is 4. The summed E-state index contributed by atoms with van der Waals surface area (Å²) in [6.45, 7) is 12.7. The molecule has 0 unspecified atom stereocenters. The zero-order valence-corrected chi connectivity index (χ0v) is 34.9. The van der Waals surface area contributed by atoms with Gasteiger partial charge in [-0.15, -0.1) is 0 Å². The molecule has 0 aliphatic heterocycles. The fourth-order valence-electron chi connectivity index (χ4n) is 6.84. The van der Waals surface area contributed by atoms with E-state index in [1.54, 1.807) is 75.2 Å². The number of carbonyl (C=O) groups excluding carboxylic acids is 2. The summed E-state index contributed by atoms with van der Waals surface area (Å²) < 4.78 is 10.4. The zero-order valence-electron chi connectivity index (χ0n) is 34.9. The fraction of sp³-hybridized carbons (Fsp3) is 0.391. The van der Waals surface area contributed by atoms with Crippen molar-refractivity contribution in [2.24, 2.45) is 9.98 Å². The van der Waals surface area contributed by atoms with Crippen molar-refractivity contribution < 1.29 is 29.3 Å². The molecule has 1 fully saturated rings. The van der Waals surface area contributed by atoms with E-state index < -0.39 is 0 Å². The van der Waals surface area contributed by atoms with E-state index in [9.17, 15) is 19.8 Å². The lowest BCUT2D eigenvalue weighted by Gasteiger charge is -2.26. The second-order valence-corrected chi connectivity index (χ2v) is 16.7. The summed E-state index contributed by atoms with van der Waals surface area (Å²) in [6, 6.07) is 20.7. The number of aliphatic imine (C=N–C) groups is 2. The van der Waals surface area contributed by atoms with Crippen LogP contribution in [-0.2, 0) is 23.9 Å². The second kappa shape index (κ2) is 18.9. The molecule has 1 aliphatic rings. The predicted molar refractivity (Wildman–Crippen MR) is 233 cm³/mol. The Morgan fingerprint density at radius 2 is 1.00 bits per heavy atom. The topological polar surface area (TPSA) is 166 Å². The number of aromatic hydroxyl groups is 2. The molecule has 4 aromatic rings. The Hall–Kier alpha value is -6.04. The molecule has 4 aromatic carbocycles. The van der Waals surface area contributed by atoms with Gasteiger partial charge in [-0.3, -0.25) is 9.98 Å². The van der Waals surface area contributed by atoms with E-state index in [1.165, 1.54) is 0 Å². The number of urea groups is 2. The number of methoxy groups -OCH3 is 2. The monoisotopic (exact) mass is 790 g/mol. The van der Waals surface area contributed by atoms with Gasteiger partial charge in [0, 0.05) is 59.1 Å². The van der Waals surface area contributed by atoms with Gasteiger partial charge in [-0.25, -0.2) is 9.59 Å². The van der Waals surface area contributed by atoms with Gasteiger partial charge in [0.15, 0.2) is 0 Å². The minimum Gasteiger partial charge on any atom is -0.507 e. The van der Waals surface area contributed by atoms with E-state index in [1.807, 2.05) is 65.8 Å². The quantitative estimate of drug-likeness (QED) is 0.0783. The molecule has 0 aromatic heterocycles. The van der Waals surface area contributed by atoms with Crippen molar-refractivity contribution in [3.63, 3.8) is 0 Å². The molecular formula is C46H58N6O6. The largest absolute Gasteiger partial charge is 0.507 e. The zero-order chi connectivity index (χ0) is 42.0. The Balaban J connectivity index is 1.32. The molecule has 0 radical (unpaired) electrons. The van der Waals surface area contributed by atoms with Gasteiger partial charge in [0.1, 0.15) is 23.0 Å². The van der Waals surface area contributed by atoms with E-state index in [0.717, 1.165) is 47.9 Å². The summed E-state index contributed by atoms with van der Waals surface area (Å²) in [5.41, 5.74) is 4.81. The molecule has 4 amide bonds. The molecule has 12 heteroatoms. The molecule has 58 heavy (non-hydrogen) atoms. The van der Waals surface area contributed by atoms with Gasteiger partial charge < -0.3 is 41.0 Å². The Kier molecular flexibility index (Phi) is 14.1. The minimum absolute atomic E-state index is 0.143. The number of benzene rings is 4. The smallest absolute Gasteiger partial charge is 0.319 e. The SMILES string of the molecule is COc1ccc(NC(=O)NCc2cc(C=N[C@@H]3CCCC[C@H]3N=Cc3cc(CNC(=O)Nc4ccc(OC)cc4)cc(C(C)(C)C)c3O)c(O)c(C(C)(C)C)c2)cc1. The van der Waals surface area contributed by atoms with Gasteiger partial charge >= 0.3 is 12.1 Å². The highest BCUT2D eigenvalue weighted by molar-refractivity contribution is 5.90. The van der Waals surface area contributed by atoms with Crippen molar-refractivity contribution in [2.75, 3.05) is 24.9 Å². The number of rotatable bonds is 12. The van der Waals surface area contributed by atoms with Gasteiger partial charge in [0.05, 0.1) is 26.3 Å². The number of ether oxygens (including phenoxy) is 2. The van der Waals surface area contributed by atoms with Crippen molar-refractivity contribution in [1.29, 1.82) is 0 Å². The van der Waals surface area contributed by atoms with Gasteiger partial charge in [-0.1, -0.05) is 54.4 Å². The van der Waals surface area contributed by atoms with E-state index in [-0.39, 0.29) is 59.6 Å². The lowest BCUT2D eigenvalue weighted by atomic mass is 9.84. The van der Waals surface area contributed by atoms with E-state index >= 15 is 0 Å². The number of anilines is 2. The van der Waals surface area contributed by atoms with E-state index in [2.05, 4.69) is 21.3 Å². The second-order valence-electron chi connectivity index (χ2n) is 16.7. The average Bonchev–Trinajstić information content (AvgIpc) is 3.19. The Morgan fingerprint density at radius 1 is 0.638 bits per heavy atom. The van der Waals surface area contributed by atoms with E-state index in [0.29, 0.717) is 34.0 Å². The first kappa shape index (κ1) is 43.1. The highest BCUT2D eigenvalue weighted by atomic mass is 16.5. The summed E-state index contributed by atoms with van der Waals surface area (Å²) in [5.74, 6) is 1.70. The number of phenolic OH excluding ortho intramolecular Hbond substituents is 2. The van der Waals surface area contributed by atoms with Crippen LogP contribution in [0.15, 0.2) is 82.8 Å².